The van der Waals surface area contributed by atoms with Gasteiger partial charge in [-0.1, -0.05) is 25.5 Å². The van der Waals surface area contributed by atoms with E-state index < -0.39 is 11.7 Å². The molecule has 0 fully saturated rings. The Morgan fingerprint density at radius 2 is 1.89 bits per heavy atom. The van der Waals surface area contributed by atoms with E-state index in [0.717, 1.165) is 11.1 Å². The maximum absolute atomic E-state index is 10.1. The molecule has 0 spiro atoms. The number of aryl methyl sites for hydroxylation is 1. The molecular formula is C15H24O3. The zero-order valence-electron chi connectivity index (χ0n) is 11.9. The van der Waals surface area contributed by atoms with Gasteiger partial charge in [-0.2, -0.15) is 0 Å². The summed E-state index contributed by atoms with van der Waals surface area (Å²) in [4.78, 5) is 0. The van der Waals surface area contributed by atoms with Gasteiger partial charge in [-0.05, 0) is 38.8 Å². The second-order valence-electron chi connectivity index (χ2n) is 5.52. The highest BCUT2D eigenvalue weighted by Gasteiger charge is 2.26. The molecule has 0 aliphatic carbocycles. The summed E-state index contributed by atoms with van der Waals surface area (Å²) in [6.07, 6.45) is -0.580. The highest BCUT2D eigenvalue weighted by molar-refractivity contribution is 5.38. The molecule has 0 bridgehead atoms. The van der Waals surface area contributed by atoms with Crippen molar-refractivity contribution in [3.8, 4) is 5.75 Å². The van der Waals surface area contributed by atoms with Gasteiger partial charge in [-0.25, -0.2) is 0 Å². The fourth-order valence-corrected chi connectivity index (χ4v) is 1.52. The van der Waals surface area contributed by atoms with Gasteiger partial charge in [0.05, 0.1) is 11.7 Å². The van der Waals surface area contributed by atoms with Crippen LogP contribution in [0.2, 0.25) is 0 Å². The van der Waals surface area contributed by atoms with Crippen molar-refractivity contribution in [3.05, 3.63) is 29.3 Å². The molecule has 0 amide bonds. The SMILES string of the molecule is Cc1ccc(OCC(C)(O)C(C)C)c([C@H](C)O)c1. The van der Waals surface area contributed by atoms with Crippen LogP contribution < -0.4 is 4.74 Å². The number of rotatable bonds is 5. The summed E-state index contributed by atoms with van der Waals surface area (Å²) in [6, 6.07) is 5.68. The van der Waals surface area contributed by atoms with E-state index in [1.165, 1.54) is 0 Å². The fourth-order valence-electron chi connectivity index (χ4n) is 1.52. The number of aliphatic hydroxyl groups is 2. The summed E-state index contributed by atoms with van der Waals surface area (Å²) in [5.41, 5.74) is 0.962. The Labute approximate surface area is 109 Å². The van der Waals surface area contributed by atoms with Crippen LogP contribution in [0.25, 0.3) is 0 Å². The van der Waals surface area contributed by atoms with Crippen molar-refractivity contribution in [2.75, 3.05) is 6.61 Å². The van der Waals surface area contributed by atoms with Crippen LogP contribution in [0.1, 0.15) is 44.9 Å². The Hall–Kier alpha value is -1.06. The predicted octanol–water partition coefficient (Wildman–Crippen LogP) is 2.83. The number of hydrogen-bond acceptors (Lipinski definition) is 3. The molecule has 1 aromatic carbocycles. The fraction of sp³-hybridized carbons (Fsp3) is 0.600. The molecule has 1 aromatic rings. The minimum atomic E-state index is -0.874. The Balaban J connectivity index is 2.85. The van der Waals surface area contributed by atoms with Gasteiger partial charge in [0.15, 0.2) is 0 Å². The Morgan fingerprint density at radius 1 is 1.28 bits per heavy atom. The molecule has 0 saturated heterocycles. The second-order valence-corrected chi connectivity index (χ2v) is 5.52. The van der Waals surface area contributed by atoms with Crippen LogP contribution in [0.3, 0.4) is 0 Å². The molecule has 0 saturated carbocycles. The van der Waals surface area contributed by atoms with Crippen LogP contribution in [0.4, 0.5) is 0 Å². The van der Waals surface area contributed by atoms with E-state index in [9.17, 15) is 10.2 Å². The van der Waals surface area contributed by atoms with Crippen molar-refractivity contribution in [2.45, 2.75) is 46.3 Å². The molecule has 3 heteroatoms. The molecule has 1 unspecified atom stereocenters. The van der Waals surface area contributed by atoms with Gasteiger partial charge in [-0.15, -0.1) is 0 Å². The first-order valence-corrected chi connectivity index (χ1v) is 6.38. The molecule has 18 heavy (non-hydrogen) atoms. The summed E-state index contributed by atoms with van der Waals surface area (Å²) in [5.74, 6) is 0.745. The first-order valence-electron chi connectivity index (χ1n) is 6.38. The normalized spacial score (nSPS) is 16.4. The quantitative estimate of drug-likeness (QED) is 0.847. The van der Waals surface area contributed by atoms with Crippen LogP contribution in [0.5, 0.6) is 5.75 Å². The molecule has 1 rings (SSSR count). The van der Waals surface area contributed by atoms with Crippen molar-refractivity contribution < 1.29 is 14.9 Å². The zero-order valence-corrected chi connectivity index (χ0v) is 11.9. The van der Waals surface area contributed by atoms with Gasteiger partial charge in [0, 0.05) is 5.56 Å². The van der Waals surface area contributed by atoms with E-state index in [4.69, 9.17) is 4.74 Å². The summed E-state index contributed by atoms with van der Waals surface area (Å²) < 4.78 is 5.67. The maximum Gasteiger partial charge on any atom is 0.125 e. The van der Waals surface area contributed by atoms with Gasteiger partial charge in [0.25, 0.3) is 0 Å². The lowest BCUT2D eigenvalue weighted by atomic mass is 9.93. The molecule has 0 radical (unpaired) electrons. The van der Waals surface area contributed by atoms with E-state index in [2.05, 4.69) is 0 Å². The molecule has 2 atom stereocenters. The third-order valence-electron chi connectivity index (χ3n) is 3.38. The Kier molecular flexibility index (Phi) is 4.77. The van der Waals surface area contributed by atoms with Crippen molar-refractivity contribution in [2.24, 2.45) is 5.92 Å². The average molecular weight is 252 g/mol. The van der Waals surface area contributed by atoms with Crippen LogP contribution in [-0.4, -0.2) is 22.4 Å². The first kappa shape index (κ1) is 15.0. The van der Waals surface area contributed by atoms with Crippen LogP contribution in [0, 0.1) is 12.8 Å². The van der Waals surface area contributed by atoms with Crippen molar-refractivity contribution in [1.29, 1.82) is 0 Å². The lowest BCUT2D eigenvalue weighted by molar-refractivity contribution is -0.0273. The maximum atomic E-state index is 10.1. The van der Waals surface area contributed by atoms with Gasteiger partial charge in [0.1, 0.15) is 12.4 Å². The Morgan fingerprint density at radius 3 is 2.39 bits per heavy atom. The predicted molar refractivity (Wildman–Crippen MR) is 72.8 cm³/mol. The number of benzene rings is 1. The molecule has 0 aliphatic heterocycles. The average Bonchev–Trinajstić information content (AvgIpc) is 2.27. The van der Waals surface area contributed by atoms with E-state index in [1.807, 2.05) is 39.0 Å². The zero-order chi connectivity index (χ0) is 13.9. The topological polar surface area (TPSA) is 49.7 Å². The van der Waals surface area contributed by atoms with Crippen molar-refractivity contribution in [1.82, 2.24) is 0 Å². The summed E-state index contributed by atoms with van der Waals surface area (Å²) >= 11 is 0. The van der Waals surface area contributed by atoms with Gasteiger partial charge < -0.3 is 14.9 Å². The Bertz CT molecular complexity index is 395. The van der Waals surface area contributed by atoms with Gasteiger partial charge in [0.2, 0.25) is 0 Å². The molecule has 0 heterocycles. The van der Waals surface area contributed by atoms with Gasteiger partial charge >= 0.3 is 0 Å². The third kappa shape index (κ3) is 3.72. The molecular weight excluding hydrogens is 228 g/mol. The molecule has 102 valence electrons. The second kappa shape index (κ2) is 5.72. The molecule has 0 aliphatic rings. The molecule has 2 N–H and O–H groups in total. The highest BCUT2D eigenvalue weighted by Crippen LogP contribution is 2.27. The van der Waals surface area contributed by atoms with Crippen molar-refractivity contribution >= 4 is 0 Å². The number of aliphatic hydroxyl groups excluding tert-OH is 1. The minimum Gasteiger partial charge on any atom is -0.490 e. The van der Waals surface area contributed by atoms with Crippen LogP contribution in [-0.2, 0) is 0 Å². The van der Waals surface area contributed by atoms with E-state index in [0.29, 0.717) is 5.75 Å². The lowest BCUT2D eigenvalue weighted by Crippen LogP contribution is -2.38. The van der Waals surface area contributed by atoms with Gasteiger partial charge in [-0.3, -0.25) is 0 Å². The number of ether oxygens (including phenoxy) is 1. The smallest absolute Gasteiger partial charge is 0.125 e. The number of hydrogen-bond donors (Lipinski definition) is 2. The lowest BCUT2D eigenvalue weighted by Gasteiger charge is -2.28. The summed E-state index contributed by atoms with van der Waals surface area (Å²) in [6.45, 7) is 9.56. The first-order chi connectivity index (χ1) is 8.24. The standard InChI is InChI=1S/C15H24O3/c1-10(2)15(5,17)9-18-14-7-6-11(3)8-13(14)12(4)16/h6-8,10,12,16-17H,9H2,1-5H3/t12-,15?/m0/s1. The summed E-state index contributed by atoms with van der Waals surface area (Å²) in [7, 11) is 0. The minimum absolute atomic E-state index is 0.109. The monoisotopic (exact) mass is 252 g/mol. The summed E-state index contributed by atoms with van der Waals surface area (Å²) in [5, 5.41) is 19.9. The van der Waals surface area contributed by atoms with E-state index in [1.54, 1.807) is 13.8 Å². The molecule has 0 aromatic heterocycles. The third-order valence-corrected chi connectivity index (χ3v) is 3.38. The highest BCUT2D eigenvalue weighted by atomic mass is 16.5. The van der Waals surface area contributed by atoms with Crippen molar-refractivity contribution in [3.63, 3.8) is 0 Å². The van der Waals surface area contributed by atoms with Crippen LogP contribution in [0.15, 0.2) is 18.2 Å². The largest absolute Gasteiger partial charge is 0.490 e. The van der Waals surface area contributed by atoms with Crippen LogP contribution >= 0.6 is 0 Å². The molecule has 3 nitrogen and oxygen atoms in total. The van der Waals surface area contributed by atoms with E-state index in [-0.39, 0.29) is 12.5 Å². The van der Waals surface area contributed by atoms with E-state index >= 15 is 0 Å².